The van der Waals surface area contributed by atoms with Crippen molar-refractivity contribution in [2.75, 3.05) is 44.8 Å². The highest BCUT2D eigenvalue weighted by Crippen LogP contribution is 2.34. The number of benzene rings is 1. The normalized spacial score (nSPS) is 18.3. The first-order valence-corrected chi connectivity index (χ1v) is 14.7. The summed E-state index contributed by atoms with van der Waals surface area (Å²) < 4.78 is 10.7. The van der Waals surface area contributed by atoms with Gasteiger partial charge in [-0.25, -0.2) is 4.79 Å². The van der Waals surface area contributed by atoms with Crippen molar-refractivity contribution in [3.05, 3.63) is 18.2 Å². The Morgan fingerprint density at radius 2 is 1.67 bits per heavy atom. The van der Waals surface area contributed by atoms with Gasteiger partial charge in [0.2, 0.25) is 30.9 Å². The zero-order valence-corrected chi connectivity index (χ0v) is 25.0. The van der Waals surface area contributed by atoms with E-state index in [1.165, 1.54) is 6.92 Å². The van der Waals surface area contributed by atoms with E-state index in [0.29, 0.717) is 62.1 Å². The first-order chi connectivity index (χ1) is 20.0. The minimum atomic E-state index is -0.813. The molecule has 0 unspecified atom stereocenters. The minimum absolute atomic E-state index is 0.0105. The van der Waals surface area contributed by atoms with Crippen molar-refractivity contribution in [2.24, 2.45) is 17.3 Å². The number of hydrogen-bond donors (Lipinski definition) is 2. The number of urea groups is 1. The number of amides is 6. The number of piperazine rings is 1. The topological polar surface area (TPSA) is 138 Å². The molecule has 1 aromatic carbocycles. The summed E-state index contributed by atoms with van der Waals surface area (Å²) in [5.41, 5.74) is -0.00739. The predicted molar refractivity (Wildman–Crippen MR) is 155 cm³/mol. The van der Waals surface area contributed by atoms with Gasteiger partial charge in [0, 0.05) is 51.4 Å². The van der Waals surface area contributed by atoms with Gasteiger partial charge in [-0.15, -0.1) is 0 Å². The fraction of sp³-hybridized carbons (Fsp3) is 0.633. The summed E-state index contributed by atoms with van der Waals surface area (Å²) in [7, 11) is 0. The van der Waals surface area contributed by atoms with E-state index >= 15 is 0 Å². The summed E-state index contributed by atoms with van der Waals surface area (Å²) in [6, 6.07) is 4.10. The monoisotopic (exact) mass is 585 g/mol. The van der Waals surface area contributed by atoms with Crippen molar-refractivity contribution in [3.63, 3.8) is 0 Å². The molecule has 2 N–H and O–H groups in total. The number of carbonyl (C=O) groups is 5. The number of rotatable bonds is 9. The largest absolute Gasteiger partial charge is 0.454 e. The van der Waals surface area contributed by atoms with Crippen LogP contribution in [-0.4, -0.2) is 90.4 Å². The van der Waals surface area contributed by atoms with Gasteiger partial charge in [-0.1, -0.05) is 46.5 Å². The summed E-state index contributed by atoms with van der Waals surface area (Å²) in [5, 5.41) is 5.85. The Bertz CT molecular complexity index is 1170. The van der Waals surface area contributed by atoms with Crippen molar-refractivity contribution in [3.8, 4) is 11.5 Å². The maximum Gasteiger partial charge on any atom is 0.321 e. The minimum Gasteiger partial charge on any atom is -0.454 e. The Kier molecular flexibility index (Phi) is 9.95. The van der Waals surface area contributed by atoms with Crippen LogP contribution in [0.3, 0.4) is 0 Å². The van der Waals surface area contributed by atoms with E-state index in [9.17, 15) is 24.0 Å². The molecule has 4 rings (SSSR count). The van der Waals surface area contributed by atoms with Crippen LogP contribution in [0.5, 0.6) is 11.5 Å². The number of hydrogen-bond acceptors (Lipinski definition) is 7. The lowest BCUT2D eigenvalue weighted by Crippen LogP contribution is -2.60. The van der Waals surface area contributed by atoms with Crippen LogP contribution in [0.4, 0.5) is 10.5 Å². The fourth-order valence-corrected chi connectivity index (χ4v) is 5.79. The molecule has 3 aliphatic rings. The molecule has 2 heterocycles. The van der Waals surface area contributed by atoms with E-state index in [2.05, 4.69) is 10.6 Å². The molecule has 2 fully saturated rings. The Hall–Kier alpha value is -3.83. The fourth-order valence-electron chi connectivity index (χ4n) is 5.79. The van der Waals surface area contributed by atoms with E-state index < -0.39 is 23.3 Å². The maximum atomic E-state index is 13.8. The number of fused-ring (bicyclic) bond motifs is 1. The molecule has 1 saturated heterocycles. The SMILES string of the molecule is CC(=O)N(C=O)C[C@@H](CC1CCCC1)C(=O)N[C@H](C(=O)N1CCN(C(=O)Nc2ccc3c(c2)OCO3)CC1)C(C)(C)C. The van der Waals surface area contributed by atoms with Crippen LogP contribution in [0.25, 0.3) is 0 Å². The lowest BCUT2D eigenvalue weighted by molar-refractivity contribution is -0.143. The van der Waals surface area contributed by atoms with Gasteiger partial charge in [0.05, 0.1) is 5.92 Å². The molecule has 2 atom stereocenters. The molecule has 42 heavy (non-hydrogen) atoms. The summed E-state index contributed by atoms with van der Waals surface area (Å²) in [6.45, 7) is 8.44. The van der Waals surface area contributed by atoms with E-state index in [1.807, 2.05) is 20.8 Å². The number of ether oxygens (including phenoxy) is 2. The Morgan fingerprint density at radius 3 is 2.29 bits per heavy atom. The van der Waals surface area contributed by atoms with Crippen LogP contribution >= 0.6 is 0 Å². The van der Waals surface area contributed by atoms with Crippen LogP contribution in [0.2, 0.25) is 0 Å². The molecule has 0 spiro atoms. The number of nitrogens with one attached hydrogen (secondary N) is 2. The van der Waals surface area contributed by atoms with E-state index in [0.717, 1.165) is 30.6 Å². The van der Waals surface area contributed by atoms with Gasteiger partial charge >= 0.3 is 6.03 Å². The molecule has 0 radical (unpaired) electrons. The van der Waals surface area contributed by atoms with Gasteiger partial charge in [0.15, 0.2) is 11.5 Å². The highest BCUT2D eigenvalue weighted by atomic mass is 16.7. The molecule has 0 aromatic heterocycles. The van der Waals surface area contributed by atoms with Crippen molar-refractivity contribution in [2.45, 2.75) is 65.8 Å². The van der Waals surface area contributed by atoms with Gasteiger partial charge in [-0.2, -0.15) is 0 Å². The molecule has 1 aliphatic carbocycles. The van der Waals surface area contributed by atoms with Gasteiger partial charge in [-0.05, 0) is 29.9 Å². The van der Waals surface area contributed by atoms with Crippen LogP contribution in [0.1, 0.15) is 59.8 Å². The van der Waals surface area contributed by atoms with Crippen LogP contribution in [-0.2, 0) is 19.2 Å². The second-order valence-electron chi connectivity index (χ2n) is 12.5. The van der Waals surface area contributed by atoms with Crippen LogP contribution < -0.4 is 20.1 Å². The van der Waals surface area contributed by atoms with Gasteiger partial charge in [-0.3, -0.25) is 24.1 Å². The molecule has 1 saturated carbocycles. The van der Waals surface area contributed by atoms with Gasteiger partial charge < -0.3 is 29.9 Å². The molecule has 12 heteroatoms. The predicted octanol–water partition coefficient (Wildman–Crippen LogP) is 2.82. The van der Waals surface area contributed by atoms with Crippen molar-refractivity contribution >= 4 is 35.9 Å². The average molecular weight is 586 g/mol. The average Bonchev–Trinajstić information content (AvgIpc) is 3.64. The summed E-state index contributed by atoms with van der Waals surface area (Å²) >= 11 is 0. The number of anilines is 1. The summed E-state index contributed by atoms with van der Waals surface area (Å²) in [5.74, 6) is -0.0128. The quantitative estimate of drug-likeness (QED) is 0.425. The first-order valence-electron chi connectivity index (χ1n) is 14.7. The van der Waals surface area contributed by atoms with E-state index in [4.69, 9.17) is 9.47 Å². The highest BCUT2D eigenvalue weighted by molar-refractivity contribution is 5.92. The second kappa shape index (κ2) is 13.4. The smallest absolute Gasteiger partial charge is 0.321 e. The molecular weight excluding hydrogens is 542 g/mol. The Morgan fingerprint density at radius 1 is 1.02 bits per heavy atom. The van der Waals surface area contributed by atoms with E-state index in [1.54, 1.807) is 28.0 Å². The van der Waals surface area contributed by atoms with Gasteiger partial charge in [0.1, 0.15) is 6.04 Å². The number of imide groups is 1. The maximum absolute atomic E-state index is 13.8. The molecule has 12 nitrogen and oxygen atoms in total. The van der Waals surface area contributed by atoms with Crippen molar-refractivity contribution in [1.29, 1.82) is 0 Å². The zero-order valence-electron chi connectivity index (χ0n) is 25.0. The molecule has 6 amide bonds. The van der Waals surface area contributed by atoms with Crippen LogP contribution in [0, 0.1) is 17.3 Å². The third kappa shape index (κ3) is 7.71. The standard InChI is InChI=1S/C30H43N5O7/c1-20(37)35(18-36)17-22(15-21-7-5-6-8-21)27(38)32-26(30(2,3)4)28(39)33-11-13-34(14-12-33)29(40)31-23-9-10-24-25(16-23)42-19-41-24/h9-10,16,18,21-22,26H,5-8,11-15,17,19H2,1-4H3,(H,31,40)(H,32,38)/t22-,26-/m1/s1. The zero-order chi connectivity index (χ0) is 30.4. The van der Waals surface area contributed by atoms with Crippen LogP contribution in [0.15, 0.2) is 18.2 Å². The molecule has 0 bridgehead atoms. The highest BCUT2D eigenvalue weighted by Gasteiger charge is 2.39. The third-order valence-electron chi connectivity index (χ3n) is 8.31. The lowest BCUT2D eigenvalue weighted by Gasteiger charge is -2.40. The van der Waals surface area contributed by atoms with Crippen molar-refractivity contribution in [1.82, 2.24) is 20.0 Å². The summed E-state index contributed by atoms with van der Waals surface area (Å²) in [4.78, 5) is 68.1. The molecule has 1 aromatic rings. The third-order valence-corrected chi connectivity index (χ3v) is 8.31. The number of carbonyl (C=O) groups excluding carboxylic acids is 5. The van der Waals surface area contributed by atoms with Crippen molar-refractivity contribution < 1.29 is 33.4 Å². The Balaban J connectivity index is 1.37. The number of nitrogens with zero attached hydrogens (tertiary/aromatic N) is 3. The molecular formula is C30H43N5O7. The van der Waals surface area contributed by atoms with Gasteiger partial charge in [0.25, 0.3) is 0 Å². The van der Waals surface area contributed by atoms with E-state index in [-0.39, 0.29) is 31.2 Å². The summed E-state index contributed by atoms with van der Waals surface area (Å²) in [6.07, 6.45) is 5.26. The molecule has 230 valence electrons. The Labute approximate surface area is 247 Å². The second-order valence-corrected chi connectivity index (χ2v) is 12.5. The lowest BCUT2D eigenvalue weighted by atomic mass is 9.84. The first kappa shape index (κ1) is 31.1. The molecule has 2 aliphatic heterocycles.